The smallest absolute Gasteiger partial charge is 0.286 e. The summed E-state index contributed by atoms with van der Waals surface area (Å²) in [6.07, 6.45) is 3.60. The fourth-order valence-electron chi connectivity index (χ4n) is 1.73. The van der Waals surface area contributed by atoms with Crippen LogP contribution in [-0.4, -0.2) is 24.2 Å². The maximum atomic E-state index is 11.8. The number of carbonyl (C=O) groups is 1. The molecule has 0 aliphatic carbocycles. The number of nitrogens with one attached hydrogen (secondary N) is 1. The zero-order valence-corrected chi connectivity index (χ0v) is 11.1. The number of allylic oxidation sites excluding steroid dienone is 1. The van der Waals surface area contributed by atoms with Crippen LogP contribution in [-0.2, 0) is 15.1 Å². The molecule has 1 amide bonds. The van der Waals surface area contributed by atoms with Crippen molar-refractivity contribution in [3.8, 4) is 0 Å². The first-order valence-corrected chi connectivity index (χ1v) is 6.85. The van der Waals surface area contributed by atoms with Crippen LogP contribution < -0.4 is 5.32 Å². The Morgan fingerprint density at radius 2 is 2.50 bits per heavy atom. The molecular weight excluding hydrogens is 250 g/mol. The molecule has 2 rings (SSSR count). The van der Waals surface area contributed by atoms with Crippen LogP contribution in [0.4, 0.5) is 0 Å². The van der Waals surface area contributed by atoms with Gasteiger partial charge >= 0.3 is 0 Å². The van der Waals surface area contributed by atoms with E-state index < -0.39 is 5.60 Å². The van der Waals surface area contributed by atoms with Gasteiger partial charge in [-0.05, 0) is 37.3 Å². The van der Waals surface area contributed by atoms with Gasteiger partial charge in [0.25, 0.3) is 5.91 Å². The Hall–Kier alpha value is -1.33. The number of rotatable bonds is 4. The van der Waals surface area contributed by atoms with Gasteiger partial charge in [0.2, 0.25) is 0 Å². The summed E-state index contributed by atoms with van der Waals surface area (Å²) in [6, 6.07) is 3.73. The highest BCUT2D eigenvalue weighted by Crippen LogP contribution is 2.24. The molecule has 2 N–H and O–H groups in total. The molecule has 1 unspecified atom stereocenters. The van der Waals surface area contributed by atoms with Gasteiger partial charge in [-0.1, -0.05) is 6.07 Å². The normalized spacial score (nSPS) is 18.4. The minimum Gasteiger partial charge on any atom is -0.488 e. The molecule has 1 aromatic heterocycles. The molecule has 1 aromatic rings. The third-order valence-electron chi connectivity index (χ3n) is 2.80. The van der Waals surface area contributed by atoms with Gasteiger partial charge in [-0.15, -0.1) is 11.3 Å². The number of hydrogen-bond acceptors (Lipinski definition) is 4. The van der Waals surface area contributed by atoms with Crippen LogP contribution in [0.25, 0.3) is 0 Å². The molecule has 1 aliphatic rings. The van der Waals surface area contributed by atoms with E-state index in [0.717, 1.165) is 17.7 Å². The van der Waals surface area contributed by atoms with E-state index in [-0.39, 0.29) is 12.5 Å². The van der Waals surface area contributed by atoms with Crippen LogP contribution in [0.5, 0.6) is 0 Å². The van der Waals surface area contributed by atoms with Crippen molar-refractivity contribution in [2.24, 2.45) is 0 Å². The van der Waals surface area contributed by atoms with E-state index in [0.29, 0.717) is 12.4 Å². The van der Waals surface area contributed by atoms with E-state index >= 15 is 0 Å². The van der Waals surface area contributed by atoms with Crippen LogP contribution >= 0.6 is 11.3 Å². The minimum atomic E-state index is -1.04. The molecule has 0 fully saturated rings. The van der Waals surface area contributed by atoms with Crippen molar-refractivity contribution in [3.05, 3.63) is 34.2 Å². The summed E-state index contributed by atoms with van der Waals surface area (Å²) < 4.78 is 5.27. The summed E-state index contributed by atoms with van der Waals surface area (Å²) in [5, 5.41) is 14.9. The maximum absolute atomic E-state index is 11.8. The molecule has 0 bridgehead atoms. The van der Waals surface area contributed by atoms with Gasteiger partial charge in [0, 0.05) is 4.88 Å². The molecule has 18 heavy (non-hydrogen) atoms. The van der Waals surface area contributed by atoms with Crippen molar-refractivity contribution in [1.82, 2.24) is 5.32 Å². The van der Waals surface area contributed by atoms with E-state index in [4.69, 9.17) is 4.74 Å². The van der Waals surface area contributed by atoms with E-state index in [1.54, 1.807) is 13.0 Å². The van der Waals surface area contributed by atoms with Gasteiger partial charge in [0.05, 0.1) is 13.2 Å². The molecule has 5 heteroatoms. The largest absolute Gasteiger partial charge is 0.488 e. The molecule has 2 heterocycles. The minimum absolute atomic E-state index is 0.174. The van der Waals surface area contributed by atoms with Crippen molar-refractivity contribution >= 4 is 17.2 Å². The van der Waals surface area contributed by atoms with E-state index in [1.807, 2.05) is 17.5 Å². The van der Waals surface area contributed by atoms with Crippen LogP contribution in [0, 0.1) is 0 Å². The monoisotopic (exact) mass is 267 g/mol. The number of hydrogen-bond donors (Lipinski definition) is 2. The second-order valence-corrected chi connectivity index (χ2v) is 5.44. The Balaban J connectivity index is 1.91. The third-order valence-corrected chi connectivity index (χ3v) is 3.93. The van der Waals surface area contributed by atoms with Gasteiger partial charge in [-0.2, -0.15) is 0 Å². The SMILES string of the molecule is CC(O)(CNC(=O)C1=CCCCO1)c1cccs1. The molecule has 0 saturated carbocycles. The lowest BCUT2D eigenvalue weighted by molar-refractivity contribution is -0.122. The number of aliphatic hydroxyl groups is 1. The summed E-state index contributed by atoms with van der Waals surface area (Å²) in [5.74, 6) is 0.106. The average molecular weight is 267 g/mol. The maximum Gasteiger partial charge on any atom is 0.286 e. The zero-order valence-electron chi connectivity index (χ0n) is 10.3. The zero-order chi connectivity index (χ0) is 13.0. The van der Waals surface area contributed by atoms with Gasteiger partial charge in [0.1, 0.15) is 5.60 Å². The van der Waals surface area contributed by atoms with Crippen molar-refractivity contribution in [1.29, 1.82) is 0 Å². The molecule has 0 radical (unpaired) electrons. The van der Waals surface area contributed by atoms with E-state index in [9.17, 15) is 9.90 Å². The topological polar surface area (TPSA) is 58.6 Å². The molecule has 0 saturated heterocycles. The van der Waals surface area contributed by atoms with Gasteiger partial charge < -0.3 is 15.2 Å². The Labute approximate surface area is 110 Å². The third kappa shape index (κ3) is 3.11. The predicted octanol–water partition coefficient (Wildman–Crippen LogP) is 1.77. The molecule has 1 aliphatic heterocycles. The lowest BCUT2D eigenvalue weighted by Gasteiger charge is -2.23. The number of ether oxygens (including phenoxy) is 1. The summed E-state index contributed by atoms with van der Waals surface area (Å²) >= 11 is 1.47. The quantitative estimate of drug-likeness (QED) is 0.874. The summed E-state index contributed by atoms with van der Waals surface area (Å²) in [7, 11) is 0. The lowest BCUT2D eigenvalue weighted by Crippen LogP contribution is -2.39. The van der Waals surface area contributed by atoms with Crippen LogP contribution in [0.3, 0.4) is 0 Å². The second kappa shape index (κ2) is 5.54. The van der Waals surface area contributed by atoms with Crippen molar-refractivity contribution in [3.63, 3.8) is 0 Å². The van der Waals surface area contributed by atoms with Crippen LogP contribution in [0.1, 0.15) is 24.6 Å². The fourth-order valence-corrected chi connectivity index (χ4v) is 2.51. The molecule has 4 nitrogen and oxygen atoms in total. The van der Waals surface area contributed by atoms with Crippen LogP contribution in [0.15, 0.2) is 29.3 Å². The molecular formula is C13H17NO3S. The highest BCUT2D eigenvalue weighted by molar-refractivity contribution is 7.10. The van der Waals surface area contributed by atoms with Gasteiger partial charge in [0.15, 0.2) is 5.76 Å². The Morgan fingerprint density at radius 3 is 3.11 bits per heavy atom. The van der Waals surface area contributed by atoms with Crippen molar-refractivity contribution in [2.75, 3.05) is 13.2 Å². The number of carbonyl (C=O) groups excluding carboxylic acids is 1. The standard InChI is InChI=1S/C13H17NO3S/c1-13(16,11-6-4-8-18-11)9-14-12(15)10-5-2-3-7-17-10/h4-6,8,16H,2-3,7,9H2,1H3,(H,14,15). The van der Waals surface area contributed by atoms with E-state index in [2.05, 4.69) is 5.32 Å². The lowest BCUT2D eigenvalue weighted by atomic mass is 10.1. The first kappa shape index (κ1) is 13.1. The van der Waals surface area contributed by atoms with Gasteiger partial charge in [-0.3, -0.25) is 4.79 Å². The van der Waals surface area contributed by atoms with E-state index in [1.165, 1.54) is 11.3 Å². The number of thiophene rings is 1. The molecule has 98 valence electrons. The average Bonchev–Trinajstić information content (AvgIpc) is 2.92. The Kier molecular flexibility index (Phi) is 4.04. The highest BCUT2D eigenvalue weighted by Gasteiger charge is 2.26. The molecule has 0 spiro atoms. The van der Waals surface area contributed by atoms with Gasteiger partial charge in [-0.25, -0.2) is 0 Å². The Morgan fingerprint density at radius 1 is 1.67 bits per heavy atom. The second-order valence-electron chi connectivity index (χ2n) is 4.49. The first-order valence-electron chi connectivity index (χ1n) is 5.97. The summed E-state index contributed by atoms with van der Waals surface area (Å²) in [5.41, 5.74) is -1.04. The molecule has 1 atom stereocenters. The summed E-state index contributed by atoms with van der Waals surface area (Å²) in [6.45, 7) is 2.45. The number of amides is 1. The fraction of sp³-hybridized carbons (Fsp3) is 0.462. The van der Waals surface area contributed by atoms with Crippen LogP contribution in [0.2, 0.25) is 0 Å². The van der Waals surface area contributed by atoms with Crippen molar-refractivity contribution < 1.29 is 14.6 Å². The molecule has 0 aromatic carbocycles. The highest BCUT2D eigenvalue weighted by atomic mass is 32.1. The Bertz CT molecular complexity index is 437. The summed E-state index contributed by atoms with van der Waals surface area (Å²) in [4.78, 5) is 12.6. The van der Waals surface area contributed by atoms with Crippen molar-refractivity contribution in [2.45, 2.75) is 25.4 Å². The first-order chi connectivity index (χ1) is 8.59. The predicted molar refractivity (Wildman–Crippen MR) is 70.2 cm³/mol.